The molecule has 0 spiro atoms. The van der Waals surface area contributed by atoms with Crippen molar-refractivity contribution in [2.45, 2.75) is 42.7 Å². The summed E-state index contributed by atoms with van der Waals surface area (Å²) >= 11 is 0. The molecule has 22 heavy (non-hydrogen) atoms. The van der Waals surface area contributed by atoms with Crippen LogP contribution in [0, 0.1) is 0 Å². The summed E-state index contributed by atoms with van der Waals surface area (Å²) in [6.45, 7) is -2.38. The highest BCUT2D eigenvalue weighted by Gasteiger charge is 2.53. The highest BCUT2D eigenvalue weighted by molar-refractivity contribution is 5.78. The van der Waals surface area contributed by atoms with E-state index >= 15 is 0 Å². The molecule has 1 aliphatic rings. The van der Waals surface area contributed by atoms with Crippen molar-refractivity contribution in [2.24, 2.45) is 0 Å². The summed E-state index contributed by atoms with van der Waals surface area (Å²) in [6, 6.07) is -1.50. The normalized spacial score (nSPS) is 34.7. The van der Waals surface area contributed by atoms with Gasteiger partial charge in [0.25, 0.3) is 11.7 Å². The maximum atomic E-state index is 12.3. The van der Waals surface area contributed by atoms with Crippen molar-refractivity contribution in [3.63, 3.8) is 0 Å². The number of aliphatic hydroxyl groups is 5. The third-order valence-corrected chi connectivity index (χ3v) is 3.29. The number of halogens is 1. The fourth-order valence-corrected chi connectivity index (χ4v) is 2.13. The fraction of sp³-hybridized carbons (Fsp3) is 0.818. The van der Waals surface area contributed by atoms with E-state index < -0.39 is 67.8 Å². The van der Waals surface area contributed by atoms with Gasteiger partial charge in [-0.1, -0.05) is 0 Å². The summed E-state index contributed by atoms with van der Waals surface area (Å²) < 4.78 is 17.1. The summed E-state index contributed by atoms with van der Waals surface area (Å²) in [5.74, 6) is -5.92. The maximum absolute atomic E-state index is 12.3. The SMILES string of the molecule is O=C(C[18F])N[C@H]1C([C@@H](O)[C@H](O)CO)O[C@@](O)(C(=O)O)C[C@@H]1O. The Kier molecular flexibility index (Phi) is 6.17. The van der Waals surface area contributed by atoms with Gasteiger partial charge in [-0.2, -0.15) is 0 Å². The number of carbonyl (C=O) groups excluding carboxylic acids is 1. The number of hydrogen-bond acceptors (Lipinski definition) is 8. The van der Waals surface area contributed by atoms with Crippen LogP contribution in [0.2, 0.25) is 0 Å². The molecular weight excluding hydrogens is 308 g/mol. The molecule has 10 nitrogen and oxygen atoms in total. The molecular formula is C11H18FNO9. The molecule has 0 aromatic rings. The van der Waals surface area contributed by atoms with Gasteiger partial charge in [-0.25, -0.2) is 9.18 Å². The number of alkyl halides is 1. The molecule has 0 aromatic heterocycles. The molecule has 0 aromatic carbocycles. The Balaban J connectivity index is 3.07. The number of carboxylic acid groups (broad SMARTS) is 1. The van der Waals surface area contributed by atoms with Crippen LogP contribution < -0.4 is 5.32 Å². The molecule has 128 valence electrons. The smallest absolute Gasteiger partial charge is 0.364 e. The van der Waals surface area contributed by atoms with Crippen molar-refractivity contribution in [1.82, 2.24) is 5.32 Å². The van der Waals surface area contributed by atoms with Gasteiger partial charge in [0.2, 0.25) is 0 Å². The van der Waals surface area contributed by atoms with Gasteiger partial charge >= 0.3 is 5.97 Å². The number of amides is 1. The first-order valence-electron chi connectivity index (χ1n) is 6.30. The second-order valence-electron chi connectivity index (χ2n) is 4.91. The molecule has 1 amide bonds. The summed E-state index contributed by atoms with van der Waals surface area (Å²) in [5.41, 5.74) is 0. The van der Waals surface area contributed by atoms with Crippen LogP contribution in [0.4, 0.5) is 4.39 Å². The number of carboxylic acids is 1. The molecule has 0 bridgehead atoms. The highest BCUT2D eigenvalue weighted by atomic mass is 18.2. The molecule has 1 aliphatic heterocycles. The largest absolute Gasteiger partial charge is 0.477 e. The Bertz CT molecular complexity index is 422. The van der Waals surface area contributed by atoms with Crippen molar-refractivity contribution >= 4 is 11.9 Å². The van der Waals surface area contributed by atoms with E-state index in [2.05, 4.69) is 0 Å². The van der Waals surface area contributed by atoms with Crippen molar-refractivity contribution in [3.05, 3.63) is 0 Å². The zero-order valence-electron chi connectivity index (χ0n) is 11.3. The van der Waals surface area contributed by atoms with E-state index in [0.29, 0.717) is 0 Å². The molecule has 6 atom stereocenters. The van der Waals surface area contributed by atoms with Gasteiger partial charge in [0.1, 0.15) is 18.3 Å². The minimum atomic E-state index is -2.88. The average Bonchev–Trinajstić information content (AvgIpc) is 2.47. The molecule has 1 fully saturated rings. The van der Waals surface area contributed by atoms with Crippen LogP contribution >= 0.6 is 0 Å². The molecule has 1 heterocycles. The van der Waals surface area contributed by atoms with E-state index in [4.69, 9.17) is 14.9 Å². The van der Waals surface area contributed by atoms with Gasteiger partial charge in [0.05, 0.1) is 18.8 Å². The Morgan fingerprint density at radius 1 is 1.41 bits per heavy atom. The van der Waals surface area contributed by atoms with Crippen molar-refractivity contribution in [2.75, 3.05) is 13.3 Å². The molecule has 11 heteroatoms. The summed E-state index contributed by atoms with van der Waals surface area (Å²) in [7, 11) is 0. The lowest BCUT2D eigenvalue weighted by atomic mass is 9.88. The number of hydrogen-bond donors (Lipinski definition) is 7. The van der Waals surface area contributed by atoms with E-state index in [0.717, 1.165) is 0 Å². The molecule has 0 saturated carbocycles. The third kappa shape index (κ3) is 3.88. The lowest BCUT2D eigenvalue weighted by Gasteiger charge is -2.44. The zero-order valence-corrected chi connectivity index (χ0v) is 11.3. The van der Waals surface area contributed by atoms with E-state index in [1.807, 2.05) is 5.32 Å². The standard InChI is InChI=1S/C11H18FNO9/c12-2-6(17)13-7-4(15)1-11(21,10(19)20)22-9(7)8(18)5(16)3-14/h4-5,7-9,14-16,18,21H,1-3H2,(H,13,17)(H,19,20)/t4-,5+,7+,8-,9?,11+/m0/s1/i12-1. The van der Waals surface area contributed by atoms with E-state index in [9.17, 15) is 34.4 Å². The van der Waals surface area contributed by atoms with Gasteiger partial charge < -0.3 is 40.7 Å². The Labute approximate surface area is 123 Å². The van der Waals surface area contributed by atoms with Gasteiger partial charge in [-0.05, 0) is 0 Å². The summed E-state index contributed by atoms with van der Waals surface area (Å²) in [6.07, 6.45) is -8.15. The van der Waals surface area contributed by atoms with Gasteiger partial charge in [-0.3, -0.25) is 4.79 Å². The van der Waals surface area contributed by atoms with E-state index in [1.165, 1.54) is 0 Å². The lowest BCUT2D eigenvalue weighted by molar-refractivity contribution is -0.295. The summed E-state index contributed by atoms with van der Waals surface area (Å²) in [5, 5.41) is 58.6. The minimum Gasteiger partial charge on any atom is -0.477 e. The predicted molar refractivity (Wildman–Crippen MR) is 65.1 cm³/mol. The number of aliphatic hydroxyl groups excluding tert-OH is 4. The molecule has 0 aliphatic carbocycles. The first kappa shape index (κ1) is 18.7. The van der Waals surface area contributed by atoms with Crippen LogP contribution in [0.1, 0.15) is 6.42 Å². The molecule has 1 saturated heterocycles. The van der Waals surface area contributed by atoms with E-state index in [-0.39, 0.29) is 0 Å². The first-order valence-corrected chi connectivity index (χ1v) is 6.30. The second-order valence-corrected chi connectivity index (χ2v) is 4.91. The van der Waals surface area contributed by atoms with Crippen LogP contribution in [-0.2, 0) is 14.3 Å². The topological polar surface area (TPSA) is 177 Å². The van der Waals surface area contributed by atoms with Crippen LogP contribution in [0.5, 0.6) is 0 Å². The van der Waals surface area contributed by atoms with Crippen molar-refractivity contribution < 1.29 is 49.4 Å². The summed E-state index contributed by atoms with van der Waals surface area (Å²) in [4.78, 5) is 22.1. The third-order valence-electron chi connectivity index (χ3n) is 3.29. The first-order chi connectivity index (χ1) is 10.2. The average molecular weight is 326 g/mol. The maximum Gasteiger partial charge on any atom is 0.364 e. The molecule has 7 N–H and O–H groups in total. The number of ether oxygens (including phenoxy) is 1. The van der Waals surface area contributed by atoms with Gasteiger partial charge in [-0.15, -0.1) is 0 Å². The number of aliphatic carboxylic acids is 1. The number of carbonyl (C=O) groups is 2. The van der Waals surface area contributed by atoms with Crippen molar-refractivity contribution in [3.8, 4) is 0 Å². The quantitative estimate of drug-likeness (QED) is 0.257. The monoisotopic (exact) mass is 326 g/mol. The minimum absolute atomic E-state index is 0.863. The van der Waals surface area contributed by atoms with Crippen LogP contribution in [-0.4, -0.2) is 92.0 Å². The second kappa shape index (κ2) is 7.26. The fourth-order valence-electron chi connectivity index (χ4n) is 2.13. The lowest BCUT2D eigenvalue weighted by Crippen LogP contribution is -2.67. The molecule has 0 radical (unpaired) electrons. The number of nitrogens with one attached hydrogen (secondary N) is 1. The highest BCUT2D eigenvalue weighted by Crippen LogP contribution is 2.30. The van der Waals surface area contributed by atoms with Crippen LogP contribution in [0.3, 0.4) is 0 Å². The zero-order chi connectivity index (χ0) is 17.1. The molecule has 1 rings (SSSR count). The molecule has 1 unspecified atom stereocenters. The Morgan fingerprint density at radius 3 is 2.45 bits per heavy atom. The van der Waals surface area contributed by atoms with Gasteiger partial charge in [0.15, 0.2) is 6.67 Å². The predicted octanol–water partition coefficient (Wildman–Crippen LogP) is -3.92. The van der Waals surface area contributed by atoms with Crippen LogP contribution in [0.15, 0.2) is 0 Å². The van der Waals surface area contributed by atoms with E-state index in [1.54, 1.807) is 0 Å². The van der Waals surface area contributed by atoms with Gasteiger partial charge in [0, 0.05) is 6.42 Å². The van der Waals surface area contributed by atoms with Crippen LogP contribution in [0.25, 0.3) is 0 Å². The van der Waals surface area contributed by atoms with Crippen molar-refractivity contribution in [1.29, 1.82) is 0 Å². The number of rotatable bonds is 6. The Hall–Kier alpha value is -1.37. The Morgan fingerprint density at radius 2 is 2.00 bits per heavy atom.